The Bertz CT molecular complexity index is 1180. The third kappa shape index (κ3) is 3.25. The Morgan fingerprint density at radius 3 is 2.50 bits per heavy atom. The zero-order valence-electron chi connectivity index (χ0n) is 15.4. The minimum Gasteiger partial charge on any atom is -0.294 e. The van der Waals surface area contributed by atoms with Crippen LogP contribution in [-0.2, 0) is 6.54 Å². The summed E-state index contributed by atoms with van der Waals surface area (Å²) in [5.41, 5.74) is -0.0415. The van der Waals surface area contributed by atoms with Crippen molar-refractivity contribution in [3.8, 4) is 0 Å². The number of nitrogens with zero attached hydrogens (tertiary/aromatic N) is 6. The molecule has 2 aliphatic rings. The molecule has 158 valence electrons. The van der Waals surface area contributed by atoms with Crippen molar-refractivity contribution in [1.82, 2.24) is 29.7 Å². The quantitative estimate of drug-likeness (QED) is 0.581. The Balaban J connectivity index is 1.40. The molecule has 7 nitrogen and oxygen atoms in total. The van der Waals surface area contributed by atoms with Gasteiger partial charge in [0.05, 0.1) is 19.1 Å². The van der Waals surface area contributed by atoms with Crippen LogP contribution < -0.4 is 5.56 Å². The molecule has 3 heterocycles. The van der Waals surface area contributed by atoms with E-state index >= 15 is 0 Å². The third-order valence-corrected chi connectivity index (χ3v) is 6.08. The van der Waals surface area contributed by atoms with Crippen LogP contribution in [0.2, 0.25) is 5.15 Å². The van der Waals surface area contributed by atoms with Gasteiger partial charge in [0.25, 0.3) is 5.56 Å². The Hall–Kier alpha value is -2.53. The maximum atomic E-state index is 13.9. The van der Waals surface area contributed by atoms with Gasteiger partial charge in [-0.1, -0.05) is 35.0 Å². The summed E-state index contributed by atoms with van der Waals surface area (Å²) in [5, 5.41) is 12.2. The van der Waals surface area contributed by atoms with E-state index in [0.717, 1.165) is 0 Å². The molecule has 0 bridgehead atoms. The van der Waals surface area contributed by atoms with Gasteiger partial charge in [0.1, 0.15) is 5.82 Å². The lowest BCUT2D eigenvalue weighted by molar-refractivity contribution is -0.144. The van der Waals surface area contributed by atoms with Crippen molar-refractivity contribution >= 4 is 22.6 Å². The summed E-state index contributed by atoms with van der Waals surface area (Å²) in [6, 6.07) is 5.84. The summed E-state index contributed by atoms with van der Waals surface area (Å²) in [5.74, 6) is -0.577. The van der Waals surface area contributed by atoms with Crippen molar-refractivity contribution in [3.63, 3.8) is 0 Å². The van der Waals surface area contributed by atoms with Crippen molar-refractivity contribution < 1.29 is 17.6 Å². The molecule has 0 spiro atoms. The Morgan fingerprint density at radius 2 is 1.83 bits per heavy atom. The van der Waals surface area contributed by atoms with Crippen molar-refractivity contribution in [2.24, 2.45) is 11.8 Å². The molecule has 3 aromatic rings. The number of fused-ring (bicyclic) bond motifs is 2. The number of alkyl halides is 3. The van der Waals surface area contributed by atoms with Crippen molar-refractivity contribution in [2.45, 2.75) is 18.8 Å². The summed E-state index contributed by atoms with van der Waals surface area (Å²) in [6.07, 6.45) is -4.25. The van der Waals surface area contributed by atoms with Gasteiger partial charge in [0.2, 0.25) is 0 Å². The molecule has 0 radical (unpaired) electrons. The van der Waals surface area contributed by atoms with Crippen LogP contribution in [-0.4, -0.2) is 55.5 Å². The topological polar surface area (TPSA) is 68.8 Å². The van der Waals surface area contributed by atoms with E-state index in [-0.39, 0.29) is 53.7 Å². The molecule has 2 aromatic heterocycles. The first kappa shape index (κ1) is 19.4. The Labute approximate surface area is 171 Å². The van der Waals surface area contributed by atoms with Crippen LogP contribution in [0.5, 0.6) is 0 Å². The Morgan fingerprint density at radius 1 is 1.13 bits per heavy atom. The summed E-state index contributed by atoms with van der Waals surface area (Å²) in [4.78, 5) is 14.2. The van der Waals surface area contributed by atoms with Gasteiger partial charge in [0, 0.05) is 30.5 Å². The standard InChI is InChI=1S/C18H15ClF4N6O/c19-16-13-14(25-28(16)5-9-3-1-2-4-12(9)20)17(30)29(26-24-13)15-10-6-27(7-11(10)15)8-18(21,22)23/h1-4,10-11,15H,5-8H2/t10-,11+,15?. The Kier molecular flexibility index (Phi) is 4.37. The van der Waals surface area contributed by atoms with Gasteiger partial charge in [-0.15, -0.1) is 5.10 Å². The zero-order valence-corrected chi connectivity index (χ0v) is 16.1. The highest BCUT2D eigenvalue weighted by Crippen LogP contribution is 2.54. The van der Waals surface area contributed by atoms with E-state index in [1.54, 1.807) is 18.2 Å². The lowest BCUT2D eigenvalue weighted by Crippen LogP contribution is -2.36. The number of piperidine rings is 1. The lowest BCUT2D eigenvalue weighted by Gasteiger charge is -2.20. The second kappa shape index (κ2) is 6.74. The highest BCUT2D eigenvalue weighted by Gasteiger charge is 2.59. The molecule has 1 aromatic carbocycles. The van der Waals surface area contributed by atoms with Crippen molar-refractivity contribution in [2.75, 3.05) is 19.6 Å². The molecule has 0 N–H and O–H groups in total. The molecule has 1 aliphatic heterocycles. The predicted molar refractivity (Wildman–Crippen MR) is 98.6 cm³/mol. The summed E-state index contributed by atoms with van der Waals surface area (Å²) < 4.78 is 54.1. The van der Waals surface area contributed by atoms with Crippen LogP contribution in [0.25, 0.3) is 11.0 Å². The minimum absolute atomic E-state index is 0.00320. The SMILES string of the molecule is O=c1c2nn(Cc3ccccc3F)c(Cl)c2nnn1C1[C@H]2CN(CC(F)(F)F)C[C@@H]12. The molecule has 1 aliphatic carbocycles. The molecular weight excluding hydrogens is 428 g/mol. The fourth-order valence-corrected chi connectivity index (χ4v) is 4.55. The van der Waals surface area contributed by atoms with Crippen molar-refractivity contribution in [1.29, 1.82) is 0 Å². The smallest absolute Gasteiger partial charge is 0.294 e. The maximum absolute atomic E-state index is 13.9. The number of rotatable bonds is 4. The summed E-state index contributed by atoms with van der Waals surface area (Å²) in [6.45, 7) is -0.433. The largest absolute Gasteiger partial charge is 0.401 e. The number of halogens is 5. The molecular formula is C18H15ClF4N6O. The molecule has 1 saturated heterocycles. The fraction of sp³-hybridized carbons (Fsp3) is 0.444. The molecule has 3 atom stereocenters. The second-order valence-corrected chi connectivity index (χ2v) is 8.06. The van der Waals surface area contributed by atoms with Gasteiger partial charge >= 0.3 is 6.18 Å². The van der Waals surface area contributed by atoms with Crippen LogP contribution >= 0.6 is 11.6 Å². The monoisotopic (exact) mass is 442 g/mol. The van der Waals surface area contributed by atoms with Gasteiger partial charge in [-0.2, -0.15) is 18.3 Å². The normalized spacial score (nSPS) is 23.8. The van der Waals surface area contributed by atoms with E-state index in [1.165, 1.54) is 20.3 Å². The van der Waals surface area contributed by atoms with E-state index in [0.29, 0.717) is 5.56 Å². The zero-order chi connectivity index (χ0) is 21.2. The fourth-order valence-electron chi connectivity index (χ4n) is 4.32. The van der Waals surface area contributed by atoms with Gasteiger partial charge < -0.3 is 0 Å². The molecule has 1 unspecified atom stereocenters. The van der Waals surface area contributed by atoms with Gasteiger partial charge in [-0.05, 0) is 6.07 Å². The van der Waals surface area contributed by atoms with Crippen LogP contribution in [0.1, 0.15) is 11.6 Å². The van der Waals surface area contributed by atoms with E-state index in [2.05, 4.69) is 15.4 Å². The number of aromatic nitrogens is 5. The molecule has 0 amide bonds. The lowest BCUT2D eigenvalue weighted by atomic mass is 10.2. The van der Waals surface area contributed by atoms with E-state index in [9.17, 15) is 22.4 Å². The summed E-state index contributed by atoms with van der Waals surface area (Å²) in [7, 11) is 0. The number of hydrogen-bond donors (Lipinski definition) is 0. The molecule has 1 saturated carbocycles. The number of likely N-dealkylation sites (tertiary alicyclic amines) is 1. The van der Waals surface area contributed by atoms with Gasteiger partial charge in [-0.3, -0.25) is 9.69 Å². The van der Waals surface area contributed by atoms with E-state index in [1.807, 2.05) is 0 Å². The first-order valence-electron chi connectivity index (χ1n) is 9.27. The maximum Gasteiger partial charge on any atom is 0.401 e. The van der Waals surface area contributed by atoms with E-state index < -0.39 is 24.1 Å². The second-order valence-electron chi connectivity index (χ2n) is 7.70. The molecule has 5 rings (SSSR count). The summed E-state index contributed by atoms with van der Waals surface area (Å²) >= 11 is 6.27. The van der Waals surface area contributed by atoms with Crippen LogP contribution in [0.4, 0.5) is 17.6 Å². The molecule has 12 heteroatoms. The van der Waals surface area contributed by atoms with Crippen LogP contribution in [0, 0.1) is 17.7 Å². The first-order chi connectivity index (χ1) is 14.2. The molecule has 30 heavy (non-hydrogen) atoms. The van der Waals surface area contributed by atoms with Gasteiger partial charge in [-0.25, -0.2) is 13.8 Å². The number of benzene rings is 1. The van der Waals surface area contributed by atoms with Crippen LogP contribution in [0.15, 0.2) is 29.1 Å². The van der Waals surface area contributed by atoms with Crippen LogP contribution in [0.3, 0.4) is 0 Å². The average molecular weight is 443 g/mol. The van der Waals surface area contributed by atoms with Gasteiger partial charge in [0.15, 0.2) is 16.2 Å². The number of hydrogen-bond acceptors (Lipinski definition) is 5. The van der Waals surface area contributed by atoms with E-state index in [4.69, 9.17) is 11.6 Å². The third-order valence-electron chi connectivity index (χ3n) is 5.71. The van der Waals surface area contributed by atoms with Crippen molar-refractivity contribution in [3.05, 3.63) is 51.2 Å². The first-order valence-corrected chi connectivity index (χ1v) is 9.65. The minimum atomic E-state index is -4.25. The highest BCUT2D eigenvalue weighted by molar-refractivity contribution is 6.33. The molecule has 2 fully saturated rings. The highest BCUT2D eigenvalue weighted by atomic mass is 35.5. The predicted octanol–water partition coefficient (Wildman–Crippen LogP) is 2.49. The average Bonchev–Trinajstić information content (AvgIpc) is 3.00.